The van der Waals surface area contributed by atoms with Gasteiger partial charge < -0.3 is 0 Å². The summed E-state index contributed by atoms with van der Waals surface area (Å²) in [6, 6.07) is 10.6. The van der Waals surface area contributed by atoms with Gasteiger partial charge in [0, 0.05) is 23.1 Å². The summed E-state index contributed by atoms with van der Waals surface area (Å²) in [4.78, 5) is 1.26. The third kappa shape index (κ3) is 4.89. The van der Waals surface area contributed by atoms with Gasteiger partial charge in [-0.2, -0.15) is 0 Å². The van der Waals surface area contributed by atoms with E-state index in [4.69, 9.17) is 12.3 Å². The van der Waals surface area contributed by atoms with Crippen molar-refractivity contribution < 1.29 is 0 Å². The van der Waals surface area contributed by atoms with E-state index < -0.39 is 0 Å². The zero-order valence-corrected chi connectivity index (χ0v) is 9.46. The van der Waals surface area contributed by atoms with E-state index in [0.29, 0.717) is 0 Å². The highest BCUT2D eigenvalue weighted by molar-refractivity contribution is 7.99. The van der Waals surface area contributed by atoms with Crippen molar-refractivity contribution in [3.05, 3.63) is 30.3 Å². The third-order valence-electron chi connectivity index (χ3n) is 2.07. The predicted molar refractivity (Wildman–Crippen MR) is 66.3 cm³/mol. The summed E-state index contributed by atoms with van der Waals surface area (Å²) in [6.07, 6.45) is 6.90. The van der Waals surface area contributed by atoms with E-state index in [1.54, 1.807) is 11.8 Å². The van der Waals surface area contributed by atoms with Crippen LogP contribution in [-0.4, -0.2) is 11.8 Å². The van der Waals surface area contributed by atoms with Crippen LogP contribution in [0.1, 0.15) is 12.8 Å². The number of hydrogen-bond acceptors (Lipinski definition) is 3. The number of thioether (sulfide) groups is 1. The van der Waals surface area contributed by atoms with Gasteiger partial charge in [0.15, 0.2) is 0 Å². The molecule has 15 heavy (non-hydrogen) atoms. The van der Waals surface area contributed by atoms with Crippen LogP contribution in [0.5, 0.6) is 0 Å². The van der Waals surface area contributed by atoms with Crippen LogP contribution in [0.25, 0.3) is 0 Å². The minimum absolute atomic E-state index is 0.284. The number of rotatable bonds is 6. The Bertz CT molecular complexity index is 305. The van der Waals surface area contributed by atoms with Gasteiger partial charge >= 0.3 is 0 Å². The summed E-state index contributed by atoms with van der Waals surface area (Å²) < 4.78 is 0. The van der Waals surface area contributed by atoms with Crippen LogP contribution < -0.4 is 11.3 Å². The molecule has 0 aliphatic carbocycles. The van der Waals surface area contributed by atoms with E-state index >= 15 is 0 Å². The molecule has 0 aliphatic heterocycles. The lowest BCUT2D eigenvalue weighted by molar-refractivity contribution is 0.547. The summed E-state index contributed by atoms with van der Waals surface area (Å²) >= 11 is 1.79. The molecule has 3 heteroatoms. The van der Waals surface area contributed by atoms with Crippen molar-refractivity contribution >= 4 is 11.8 Å². The number of nitrogens with two attached hydrogens (primary N) is 1. The standard InChI is InChI=1S/C12H16N2S/c1-2-3-7-11(14-13)10-15-12-8-5-4-6-9-12/h1,4-6,8-9,11,14H,3,7,10,13H2. The maximum atomic E-state index is 5.45. The quantitative estimate of drug-likeness (QED) is 0.333. The maximum Gasteiger partial charge on any atom is 0.0313 e. The average Bonchev–Trinajstić information content (AvgIpc) is 2.31. The highest BCUT2D eigenvalue weighted by atomic mass is 32.2. The first-order valence-corrected chi connectivity index (χ1v) is 5.93. The van der Waals surface area contributed by atoms with Crippen LogP contribution in [0.4, 0.5) is 0 Å². The van der Waals surface area contributed by atoms with E-state index in [-0.39, 0.29) is 6.04 Å². The molecule has 1 unspecified atom stereocenters. The maximum absolute atomic E-state index is 5.45. The molecule has 3 N–H and O–H groups in total. The molecule has 0 heterocycles. The lowest BCUT2D eigenvalue weighted by Crippen LogP contribution is -2.36. The third-order valence-corrected chi connectivity index (χ3v) is 3.24. The van der Waals surface area contributed by atoms with Gasteiger partial charge in [0.2, 0.25) is 0 Å². The fourth-order valence-corrected chi connectivity index (χ4v) is 2.19. The zero-order valence-electron chi connectivity index (χ0n) is 8.65. The second-order valence-electron chi connectivity index (χ2n) is 3.23. The van der Waals surface area contributed by atoms with Gasteiger partial charge in [0.25, 0.3) is 0 Å². The largest absolute Gasteiger partial charge is 0.271 e. The van der Waals surface area contributed by atoms with Crippen molar-refractivity contribution in [2.24, 2.45) is 5.84 Å². The molecule has 0 aliphatic rings. The molecule has 0 saturated carbocycles. The van der Waals surface area contributed by atoms with E-state index in [2.05, 4.69) is 23.5 Å². The highest BCUT2D eigenvalue weighted by Gasteiger charge is 2.05. The van der Waals surface area contributed by atoms with E-state index in [1.165, 1.54) is 4.90 Å². The van der Waals surface area contributed by atoms with Crippen molar-refractivity contribution in [2.75, 3.05) is 5.75 Å². The van der Waals surface area contributed by atoms with Crippen LogP contribution in [0.2, 0.25) is 0 Å². The summed E-state index contributed by atoms with van der Waals surface area (Å²) in [5, 5.41) is 0. The van der Waals surface area contributed by atoms with Crippen molar-refractivity contribution in [2.45, 2.75) is 23.8 Å². The molecule has 1 atom stereocenters. The summed E-state index contributed by atoms with van der Waals surface area (Å²) in [6.45, 7) is 0. The van der Waals surface area contributed by atoms with Crippen LogP contribution >= 0.6 is 11.8 Å². The Balaban J connectivity index is 2.31. The van der Waals surface area contributed by atoms with Crippen LogP contribution in [0.3, 0.4) is 0 Å². The molecule has 0 spiro atoms. The normalized spacial score (nSPS) is 12.0. The average molecular weight is 220 g/mol. The molecule has 0 fully saturated rings. The lowest BCUT2D eigenvalue weighted by atomic mass is 10.2. The minimum Gasteiger partial charge on any atom is -0.271 e. The number of hydrogen-bond donors (Lipinski definition) is 2. The Kier molecular flexibility index (Phi) is 5.94. The molecule has 0 saturated heterocycles. The first kappa shape index (κ1) is 12.1. The Labute approximate surface area is 95.6 Å². The minimum atomic E-state index is 0.284. The molecule has 0 bridgehead atoms. The van der Waals surface area contributed by atoms with Gasteiger partial charge in [-0.1, -0.05) is 18.2 Å². The molecule has 80 valence electrons. The molecule has 2 nitrogen and oxygen atoms in total. The van der Waals surface area contributed by atoms with Crippen molar-refractivity contribution in [1.29, 1.82) is 0 Å². The molecule has 1 aromatic carbocycles. The molecule has 0 radical (unpaired) electrons. The van der Waals surface area contributed by atoms with Gasteiger partial charge in [0.1, 0.15) is 0 Å². The van der Waals surface area contributed by atoms with Gasteiger partial charge in [-0.3, -0.25) is 11.3 Å². The van der Waals surface area contributed by atoms with Crippen molar-refractivity contribution in [3.63, 3.8) is 0 Å². The molecule has 0 aromatic heterocycles. The van der Waals surface area contributed by atoms with Gasteiger partial charge in [-0.05, 0) is 18.6 Å². The molecule has 0 amide bonds. The fraction of sp³-hybridized carbons (Fsp3) is 0.333. The second-order valence-corrected chi connectivity index (χ2v) is 4.32. The highest BCUT2D eigenvalue weighted by Crippen LogP contribution is 2.18. The number of nitrogens with one attached hydrogen (secondary N) is 1. The second kappa shape index (κ2) is 7.36. The molecule has 1 rings (SSSR count). The monoisotopic (exact) mass is 220 g/mol. The topological polar surface area (TPSA) is 38.0 Å². The van der Waals surface area contributed by atoms with Crippen LogP contribution in [0.15, 0.2) is 35.2 Å². The van der Waals surface area contributed by atoms with E-state index in [0.717, 1.165) is 18.6 Å². The smallest absolute Gasteiger partial charge is 0.0313 e. The summed E-state index contributed by atoms with van der Waals surface area (Å²) in [5.74, 6) is 9.02. The number of terminal acetylenes is 1. The Morgan fingerprint density at radius 3 is 2.73 bits per heavy atom. The molecular formula is C12H16N2S. The fourth-order valence-electron chi connectivity index (χ4n) is 1.19. The van der Waals surface area contributed by atoms with Gasteiger partial charge in [-0.25, -0.2) is 0 Å². The number of benzene rings is 1. The predicted octanol–water partition coefficient (Wildman–Crippen LogP) is 2.02. The Morgan fingerprint density at radius 1 is 1.40 bits per heavy atom. The number of hydrazine groups is 1. The Morgan fingerprint density at radius 2 is 2.13 bits per heavy atom. The molecule has 1 aromatic rings. The molecular weight excluding hydrogens is 204 g/mol. The Hall–Kier alpha value is -0.950. The van der Waals surface area contributed by atoms with Crippen molar-refractivity contribution in [1.82, 2.24) is 5.43 Å². The summed E-state index contributed by atoms with van der Waals surface area (Å²) in [5.41, 5.74) is 2.79. The van der Waals surface area contributed by atoms with Gasteiger partial charge in [-0.15, -0.1) is 24.1 Å². The zero-order chi connectivity index (χ0) is 10.9. The van der Waals surface area contributed by atoms with E-state index in [1.807, 2.05) is 18.2 Å². The van der Waals surface area contributed by atoms with Crippen molar-refractivity contribution in [3.8, 4) is 12.3 Å². The van der Waals surface area contributed by atoms with Crippen LogP contribution in [-0.2, 0) is 0 Å². The van der Waals surface area contributed by atoms with Gasteiger partial charge in [0.05, 0.1) is 0 Å². The van der Waals surface area contributed by atoms with Crippen LogP contribution in [0, 0.1) is 12.3 Å². The first-order valence-electron chi connectivity index (χ1n) is 4.94. The first-order chi connectivity index (χ1) is 7.36. The lowest BCUT2D eigenvalue weighted by Gasteiger charge is -2.13. The van der Waals surface area contributed by atoms with E-state index in [9.17, 15) is 0 Å². The summed E-state index contributed by atoms with van der Waals surface area (Å²) in [7, 11) is 0. The SMILES string of the molecule is C#CCCC(CSc1ccccc1)NN.